The fourth-order valence-corrected chi connectivity index (χ4v) is 2.65. The Hall–Kier alpha value is -1.76. The molecule has 1 heteroatoms. The molecule has 0 saturated heterocycles. The van der Waals surface area contributed by atoms with Gasteiger partial charge in [-0.3, -0.25) is 0 Å². The molecular weight excluding hydrogens is 242 g/mol. The molecule has 1 nitrogen and oxygen atoms in total. The van der Waals surface area contributed by atoms with Crippen LogP contribution in [0.2, 0.25) is 0 Å². The van der Waals surface area contributed by atoms with Crippen LogP contribution in [0.1, 0.15) is 48.6 Å². The molecule has 0 aliphatic rings. The Balaban J connectivity index is 2.08. The van der Waals surface area contributed by atoms with Gasteiger partial charge in [0.05, 0.1) is 0 Å². The molecule has 0 aromatic heterocycles. The van der Waals surface area contributed by atoms with E-state index < -0.39 is 0 Å². The summed E-state index contributed by atoms with van der Waals surface area (Å²) in [6.07, 6.45) is 2.37. The lowest BCUT2D eigenvalue weighted by Gasteiger charge is -2.17. The molecular formula is C19H25N. The number of rotatable bonds is 5. The smallest absolute Gasteiger partial charge is 0.0485 e. The Morgan fingerprint density at radius 1 is 0.950 bits per heavy atom. The van der Waals surface area contributed by atoms with E-state index >= 15 is 0 Å². The third kappa shape index (κ3) is 3.86. The SMILES string of the molecule is CCCc1ccc(C(C)Nc2cc(C)cc(C)c2)cc1. The Morgan fingerprint density at radius 3 is 2.10 bits per heavy atom. The molecule has 0 spiro atoms. The van der Waals surface area contributed by atoms with Crippen molar-refractivity contribution in [3.63, 3.8) is 0 Å². The van der Waals surface area contributed by atoms with Crippen molar-refractivity contribution in [3.8, 4) is 0 Å². The van der Waals surface area contributed by atoms with Crippen LogP contribution in [-0.4, -0.2) is 0 Å². The molecule has 1 unspecified atom stereocenters. The Labute approximate surface area is 123 Å². The maximum Gasteiger partial charge on any atom is 0.0485 e. The minimum Gasteiger partial charge on any atom is -0.379 e. The molecule has 1 N–H and O–H groups in total. The Morgan fingerprint density at radius 2 is 1.55 bits per heavy atom. The molecule has 0 aliphatic heterocycles. The van der Waals surface area contributed by atoms with E-state index in [4.69, 9.17) is 0 Å². The predicted octanol–water partition coefficient (Wildman–Crippen LogP) is 5.43. The lowest BCUT2D eigenvalue weighted by Crippen LogP contribution is -2.07. The van der Waals surface area contributed by atoms with Crippen molar-refractivity contribution < 1.29 is 0 Å². The van der Waals surface area contributed by atoms with Crippen molar-refractivity contribution in [3.05, 3.63) is 64.7 Å². The first-order valence-electron chi connectivity index (χ1n) is 7.52. The summed E-state index contributed by atoms with van der Waals surface area (Å²) in [6.45, 7) is 8.72. The number of anilines is 1. The molecule has 0 bridgehead atoms. The van der Waals surface area contributed by atoms with Crippen LogP contribution in [0.3, 0.4) is 0 Å². The fourth-order valence-electron chi connectivity index (χ4n) is 2.65. The maximum atomic E-state index is 3.59. The maximum absolute atomic E-state index is 3.59. The van der Waals surface area contributed by atoms with Gasteiger partial charge in [-0.2, -0.15) is 0 Å². The number of nitrogens with one attached hydrogen (secondary N) is 1. The lowest BCUT2D eigenvalue weighted by atomic mass is 10.0. The van der Waals surface area contributed by atoms with E-state index in [0.717, 1.165) is 0 Å². The fraction of sp³-hybridized carbons (Fsp3) is 0.368. The number of hydrogen-bond donors (Lipinski definition) is 1. The van der Waals surface area contributed by atoms with E-state index in [-0.39, 0.29) is 0 Å². The van der Waals surface area contributed by atoms with Crippen LogP contribution < -0.4 is 5.32 Å². The first-order valence-corrected chi connectivity index (χ1v) is 7.52. The number of benzene rings is 2. The van der Waals surface area contributed by atoms with Crippen molar-refractivity contribution in [2.45, 2.75) is 46.6 Å². The van der Waals surface area contributed by atoms with E-state index in [1.807, 2.05) is 0 Å². The van der Waals surface area contributed by atoms with Gasteiger partial charge < -0.3 is 5.32 Å². The van der Waals surface area contributed by atoms with Crippen LogP contribution in [0.5, 0.6) is 0 Å². The summed E-state index contributed by atoms with van der Waals surface area (Å²) >= 11 is 0. The summed E-state index contributed by atoms with van der Waals surface area (Å²) in [5, 5.41) is 3.59. The molecule has 0 fully saturated rings. The zero-order valence-electron chi connectivity index (χ0n) is 13.0. The highest BCUT2D eigenvalue weighted by molar-refractivity contribution is 5.50. The first-order chi connectivity index (χ1) is 9.58. The molecule has 106 valence electrons. The van der Waals surface area contributed by atoms with E-state index in [1.165, 1.54) is 40.8 Å². The molecule has 0 amide bonds. The molecule has 20 heavy (non-hydrogen) atoms. The summed E-state index contributed by atoms with van der Waals surface area (Å²) in [5.41, 5.74) is 6.57. The Kier molecular flexibility index (Phi) is 4.84. The van der Waals surface area contributed by atoms with Gasteiger partial charge in [-0.25, -0.2) is 0 Å². The quantitative estimate of drug-likeness (QED) is 0.761. The highest BCUT2D eigenvalue weighted by atomic mass is 14.9. The van der Waals surface area contributed by atoms with Gasteiger partial charge in [0.2, 0.25) is 0 Å². The molecule has 0 aliphatic carbocycles. The summed E-state index contributed by atoms with van der Waals surface area (Å²) < 4.78 is 0. The first kappa shape index (κ1) is 14.6. The van der Waals surface area contributed by atoms with Gasteiger partial charge in [-0.1, -0.05) is 43.7 Å². The van der Waals surface area contributed by atoms with Crippen molar-refractivity contribution in [1.29, 1.82) is 0 Å². The molecule has 0 saturated carbocycles. The van der Waals surface area contributed by atoms with Crippen LogP contribution >= 0.6 is 0 Å². The summed E-state index contributed by atoms with van der Waals surface area (Å²) in [5.74, 6) is 0. The van der Waals surface area contributed by atoms with Crippen LogP contribution in [0, 0.1) is 13.8 Å². The van der Waals surface area contributed by atoms with Crippen molar-refractivity contribution >= 4 is 5.69 Å². The Bertz CT molecular complexity index is 534. The largest absolute Gasteiger partial charge is 0.379 e. The highest BCUT2D eigenvalue weighted by Gasteiger charge is 2.06. The molecule has 2 aromatic carbocycles. The molecule has 0 radical (unpaired) electrons. The minimum absolute atomic E-state index is 0.326. The average Bonchev–Trinajstić information content (AvgIpc) is 2.38. The standard InChI is InChI=1S/C19H25N/c1-5-6-17-7-9-18(10-8-17)16(4)20-19-12-14(2)11-15(3)13-19/h7-13,16,20H,5-6H2,1-4H3. The average molecular weight is 267 g/mol. The van der Waals surface area contributed by atoms with Gasteiger partial charge in [-0.05, 0) is 61.6 Å². The molecule has 2 rings (SSSR count). The molecule has 1 atom stereocenters. The normalized spacial score (nSPS) is 12.2. The topological polar surface area (TPSA) is 12.0 Å². The van der Waals surface area contributed by atoms with Crippen molar-refractivity contribution in [1.82, 2.24) is 0 Å². The third-order valence-electron chi connectivity index (χ3n) is 3.62. The van der Waals surface area contributed by atoms with Gasteiger partial charge in [0.25, 0.3) is 0 Å². The van der Waals surface area contributed by atoms with Gasteiger partial charge in [-0.15, -0.1) is 0 Å². The van der Waals surface area contributed by atoms with Crippen LogP contribution in [0.4, 0.5) is 5.69 Å². The summed E-state index contributed by atoms with van der Waals surface area (Å²) in [4.78, 5) is 0. The van der Waals surface area contributed by atoms with Gasteiger partial charge in [0.15, 0.2) is 0 Å². The summed E-state index contributed by atoms with van der Waals surface area (Å²) in [7, 11) is 0. The monoisotopic (exact) mass is 267 g/mol. The third-order valence-corrected chi connectivity index (χ3v) is 3.62. The van der Waals surface area contributed by atoms with Crippen LogP contribution in [0.25, 0.3) is 0 Å². The molecule has 0 heterocycles. The molecule has 2 aromatic rings. The van der Waals surface area contributed by atoms with Gasteiger partial charge in [0.1, 0.15) is 0 Å². The number of aryl methyl sites for hydroxylation is 3. The van der Waals surface area contributed by atoms with Gasteiger partial charge >= 0.3 is 0 Å². The van der Waals surface area contributed by atoms with E-state index in [1.54, 1.807) is 0 Å². The van der Waals surface area contributed by atoms with E-state index in [2.05, 4.69) is 75.5 Å². The van der Waals surface area contributed by atoms with Crippen LogP contribution in [-0.2, 0) is 6.42 Å². The predicted molar refractivity (Wildman–Crippen MR) is 88.4 cm³/mol. The summed E-state index contributed by atoms with van der Waals surface area (Å²) in [6, 6.07) is 15.9. The minimum atomic E-state index is 0.326. The van der Waals surface area contributed by atoms with E-state index in [0.29, 0.717) is 6.04 Å². The van der Waals surface area contributed by atoms with Crippen LogP contribution in [0.15, 0.2) is 42.5 Å². The van der Waals surface area contributed by atoms with Crippen molar-refractivity contribution in [2.24, 2.45) is 0 Å². The number of hydrogen-bond acceptors (Lipinski definition) is 1. The second-order valence-electron chi connectivity index (χ2n) is 5.73. The van der Waals surface area contributed by atoms with E-state index in [9.17, 15) is 0 Å². The lowest BCUT2D eigenvalue weighted by molar-refractivity contribution is 0.876. The highest BCUT2D eigenvalue weighted by Crippen LogP contribution is 2.22. The van der Waals surface area contributed by atoms with Gasteiger partial charge in [0, 0.05) is 11.7 Å². The second kappa shape index (κ2) is 6.60. The van der Waals surface area contributed by atoms with Crippen molar-refractivity contribution in [2.75, 3.05) is 5.32 Å². The zero-order chi connectivity index (χ0) is 14.5. The zero-order valence-corrected chi connectivity index (χ0v) is 13.0. The second-order valence-corrected chi connectivity index (χ2v) is 5.73.